The molecule has 0 saturated heterocycles. The van der Waals surface area contributed by atoms with Crippen LogP contribution in [0, 0.1) is 0 Å². The quantitative estimate of drug-likeness (QED) is 0.732. The third-order valence-electron chi connectivity index (χ3n) is 2.95. The van der Waals surface area contributed by atoms with Crippen molar-refractivity contribution in [1.29, 1.82) is 0 Å². The number of nitrogens with two attached hydrogens (primary N) is 1. The summed E-state index contributed by atoms with van der Waals surface area (Å²) in [4.78, 5) is 0. The largest absolute Gasteiger partial charge is 0.380 e. The molecule has 0 aliphatic carbocycles. The van der Waals surface area contributed by atoms with Gasteiger partial charge in [-0.3, -0.25) is 0 Å². The number of rotatable bonds is 2. The normalized spacial score (nSPS) is 10.7. The van der Waals surface area contributed by atoms with Crippen molar-refractivity contribution in [2.75, 3.05) is 5.73 Å². The topological polar surface area (TPSA) is 52.0 Å². The summed E-state index contributed by atoms with van der Waals surface area (Å²) in [6.07, 6.45) is 0. The molecule has 3 aromatic rings. The summed E-state index contributed by atoms with van der Waals surface area (Å²) in [6, 6.07) is 14.7. The molecule has 0 fully saturated rings. The highest BCUT2D eigenvalue weighted by Gasteiger charge is 2.19. The lowest BCUT2D eigenvalue weighted by molar-refractivity contribution is 0.436. The van der Waals surface area contributed by atoms with Crippen LogP contribution >= 0.6 is 23.2 Å². The van der Waals surface area contributed by atoms with E-state index in [2.05, 4.69) is 5.16 Å². The molecule has 0 bridgehead atoms. The number of halogens is 2. The lowest BCUT2D eigenvalue weighted by atomic mass is 10.0. The van der Waals surface area contributed by atoms with Crippen molar-refractivity contribution in [2.24, 2.45) is 0 Å². The molecule has 0 unspecified atom stereocenters. The molecule has 0 aliphatic heterocycles. The maximum absolute atomic E-state index is 6.23. The van der Waals surface area contributed by atoms with E-state index in [0.717, 1.165) is 11.1 Å². The standard InChI is InChI=1S/C15H10Cl2N2O/c16-10-5-3-4-9(8-10)14-13(15(18)19-20-14)11-6-1-2-7-12(11)17/h1-8H,(H2,18,19). The van der Waals surface area contributed by atoms with Crippen LogP contribution in [-0.4, -0.2) is 5.16 Å². The van der Waals surface area contributed by atoms with Crippen molar-refractivity contribution < 1.29 is 4.52 Å². The van der Waals surface area contributed by atoms with Gasteiger partial charge in [-0.1, -0.05) is 58.7 Å². The maximum atomic E-state index is 6.23. The SMILES string of the molecule is Nc1noc(-c2cccc(Cl)c2)c1-c1ccccc1Cl. The van der Waals surface area contributed by atoms with Crippen LogP contribution in [0.15, 0.2) is 53.1 Å². The highest BCUT2D eigenvalue weighted by Crippen LogP contribution is 2.40. The second-order valence-corrected chi connectivity index (χ2v) is 5.11. The van der Waals surface area contributed by atoms with Crippen LogP contribution in [0.5, 0.6) is 0 Å². The predicted molar refractivity (Wildman–Crippen MR) is 81.8 cm³/mol. The summed E-state index contributed by atoms with van der Waals surface area (Å²) in [6.45, 7) is 0. The molecule has 1 heterocycles. The summed E-state index contributed by atoms with van der Waals surface area (Å²) in [5.41, 5.74) is 8.18. The molecule has 0 saturated carbocycles. The third-order valence-corrected chi connectivity index (χ3v) is 3.51. The Kier molecular flexibility index (Phi) is 3.38. The number of nitrogens with zero attached hydrogens (tertiary/aromatic N) is 1. The van der Waals surface area contributed by atoms with Crippen LogP contribution in [0.3, 0.4) is 0 Å². The van der Waals surface area contributed by atoms with E-state index in [1.807, 2.05) is 30.3 Å². The fourth-order valence-electron chi connectivity index (χ4n) is 2.05. The zero-order chi connectivity index (χ0) is 14.1. The first-order valence-electron chi connectivity index (χ1n) is 5.93. The van der Waals surface area contributed by atoms with Crippen LogP contribution in [0.2, 0.25) is 10.0 Å². The number of hydrogen-bond acceptors (Lipinski definition) is 3. The monoisotopic (exact) mass is 304 g/mol. The molecule has 0 amide bonds. The Hall–Kier alpha value is -1.97. The molecule has 0 spiro atoms. The van der Waals surface area contributed by atoms with Gasteiger partial charge in [-0.15, -0.1) is 0 Å². The summed E-state index contributed by atoms with van der Waals surface area (Å²) < 4.78 is 5.35. The molecule has 2 aromatic carbocycles. The van der Waals surface area contributed by atoms with Gasteiger partial charge in [0.2, 0.25) is 0 Å². The molecule has 0 aliphatic rings. The Balaban J connectivity index is 2.23. The van der Waals surface area contributed by atoms with Crippen molar-refractivity contribution in [1.82, 2.24) is 5.16 Å². The van der Waals surface area contributed by atoms with Gasteiger partial charge in [-0.2, -0.15) is 0 Å². The summed E-state index contributed by atoms with van der Waals surface area (Å²) in [5, 5.41) is 5.04. The molecule has 5 heteroatoms. The van der Waals surface area contributed by atoms with E-state index in [1.54, 1.807) is 18.2 Å². The minimum atomic E-state index is 0.299. The van der Waals surface area contributed by atoms with Gasteiger partial charge in [0.1, 0.15) is 0 Å². The maximum Gasteiger partial charge on any atom is 0.177 e. The van der Waals surface area contributed by atoms with E-state index in [0.29, 0.717) is 27.2 Å². The van der Waals surface area contributed by atoms with Gasteiger partial charge in [0.05, 0.1) is 5.56 Å². The van der Waals surface area contributed by atoms with Gasteiger partial charge < -0.3 is 10.3 Å². The van der Waals surface area contributed by atoms with Crippen molar-refractivity contribution in [3.05, 3.63) is 58.6 Å². The van der Waals surface area contributed by atoms with Gasteiger partial charge in [-0.25, -0.2) is 0 Å². The van der Waals surface area contributed by atoms with Gasteiger partial charge in [-0.05, 0) is 18.2 Å². The van der Waals surface area contributed by atoms with E-state index in [9.17, 15) is 0 Å². The first-order chi connectivity index (χ1) is 9.66. The first kappa shape index (κ1) is 13.0. The molecule has 100 valence electrons. The highest BCUT2D eigenvalue weighted by atomic mass is 35.5. The van der Waals surface area contributed by atoms with E-state index in [1.165, 1.54) is 0 Å². The van der Waals surface area contributed by atoms with Crippen LogP contribution < -0.4 is 5.73 Å². The lowest BCUT2D eigenvalue weighted by Gasteiger charge is -2.05. The molecular weight excluding hydrogens is 295 g/mol. The lowest BCUT2D eigenvalue weighted by Crippen LogP contribution is -1.89. The zero-order valence-corrected chi connectivity index (χ0v) is 11.8. The molecule has 0 atom stereocenters. The van der Waals surface area contributed by atoms with E-state index in [4.69, 9.17) is 33.5 Å². The fraction of sp³-hybridized carbons (Fsp3) is 0. The van der Waals surface area contributed by atoms with E-state index in [-0.39, 0.29) is 0 Å². The number of nitrogen functional groups attached to an aromatic ring is 1. The smallest absolute Gasteiger partial charge is 0.177 e. The van der Waals surface area contributed by atoms with E-state index >= 15 is 0 Å². The molecule has 3 rings (SSSR count). The molecule has 20 heavy (non-hydrogen) atoms. The zero-order valence-electron chi connectivity index (χ0n) is 10.3. The Morgan fingerprint density at radius 1 is 1.00 bits per heavy atom. The van der Waals surface area contributed by atoms with Crippen LogP contribution in [-0.2, 0) is 0 Å². The molecular formula is C15H10Cl2N2O. The van der Waals surface area contributed by atoms with Crippen LogP contribution in [0.4, 0.5) is 5.82 Å². The summed E-state index contributed by atoms with van der Waals surface area (Å²) in [7, 11) is 0. The Morgan fingerprint density at radius 2 is 1.80 bits per heavy atom. The highest BCUT2D eigenvalue weighted by molar-refractivity contribution is 6.33. The van der Waals surface area contributed by atoms with Gasteiger partial charge in [0.15, 0.2) is 11.6 Å². The Labute approximate surface area is 125 Å². The number of anilines is 1. The van der Waals surface area contributed by atoms with Crippen LogP contribution in [0.1, 0.15) is 0 Å². The first-order valence-corrected chi connectivity index (χ1v) is 6.68. The second kappa shape index (κ2) is 5.19. The van der Waals surface area contributed by atoms with Crippen molar-refractivity contribution in [2.45, 2.75) is 0 Å². The van der Waals surface area contributed by atoms with Crippen molar-refractivity contribution in [3.8, 4) is 22.5 Å². The average Bonchev–Trinajstić information content (AvgIpc) is 2.81. The predicted octanol–water partition coefficient (Wildman–Crippen LogP) is 4.90. The summed E-state index contributed by atoms with van der Waals surface area (Å²) >= 11 is 12.2. The van der Waals surface area contributed by atoms with E-state index < -0.39 is 0 Å². The Bertz CT molecular complexity index is 768. The van der Waals surface area contributed by atoms with Gasteiger partial charge >= 0.3 is 0 Å². The van der Waals surface area contributed by atoms with Gasteiger partial charge in [0.25, 0.3) is 0 Å². The minimum absolute atomic E-state index is 0.299. The number of hydrogen-bond donors (Lipinski definition) is 1. The number of benzene rings is 2. The van der Waals surface area contributed by atoms with Gasteiger partial charge in [0, 0.05) is 21.2 Å². The van der Waals surface area contributed by atoms with Crippen LogP contribution in [0.25, 0.3) is 22.5 Å². The molecule has 0 radical (unpaired) electrons. The summed E-state index contributed by atoms with van der Waals surface area (Å²) in [5.74, 6) is 0.853. The molecule has 2 N–H and O–H groups in total. The van der Waals surface area contributed by atoms with Crippen molar-refractivity contribution in [3.63, 3.8) is 0 Å². The van der Waals surface area contributed by atoms with Crippen molar-refractivity contribution >= 4 is 29.0 Å². The average molecular weight is 305 g/mol. The molecule has 3 nitrogen and oxygen atoms in total. The Morgan fingerprint density at radius 3 is 2.55 bits per heavy atom. The molecule has 1 aromatic heterocycles. The number of aromatic nitrogens is 1. The second-order valence-electron chi connectivity index (χ2n) is 4.26. The third kappa shape index (κ3) is 2.26. The fourth-order valence-corrected chi connectivity index (χ4v) is 2.47. The minimum Gasteiger partial charge on any atom is -0.380 e.